The fourth-order valence-electron chi connectivity index (χ4n) is 6.43. The van der Waals surface area contributed by atoms with E-state index in [4.69, 9.17) is 0 Å². The van der Waals surface area contributed by atoms with E-state index in [2.05, 4.69) is 10.3 Å². The predicted octanol–water partition coefficient (Wildman–Crippen LogP) is 6.23. The lowest BCUT2D eigenvalue weighted by Gasteiger charge is -2.36. The molecular formula is C36H41N3O4. The third-order valence-electron chi connectivity index (χ3n) is 8.57. The van der Waals surface area contributed by atoms with Crippen LogP contribution in [0, 0.1) is 19.8 Å². The van der Waals surface area contributed by atoms with Crippen LogP contribution in [0.15, 0.2) is 79.0 Å². The molecule has 1 heterocycles. The molecule has 1 aliphatic carbocycles. The van der Waals surface area contributed by atoms with Crippen LogP contribution in [0.5, 0.6) is 0 Å². The maximum atomic E-state index is 14.3. The highest BCUT2D eigenvalue weighted by Gasteiger charge is 2.35. The van der Waals surface area contributed by atoms with Gasteiger partial charge in [-0.25, -0.2) is 4.79 Å². The molecule has 7 nitrogen and oxygen atoms in total. The maximum Gasteiger partial charge on any atom is 0.326 e. The summed E-state index contributed by atoms with van der Waals surface area (Å²) >= 11 is 0. The first-order chi connectivity index (χ1) is 20.8. The molecule has 2 atom stereocenters. The molecule has 1 aliphatic rings. The summed E-state index contributed by atoms with van der Waals surface area (Å²) in [6.45, 7) is 4.38. The number of carboxylic acids is 1. The molecule has 3 N–H and O–H groups in total. The summed E-state index contributed by atoms with van der Waals surface area (Å²) in [6, 6.07) is 21.1. The molecule has 0 unspecified atom stereocenters. The molecule has 0 saturated heterocycles. The zero-order valence-electron chi connectivity index (χ0n) is 25.0. The van der Waals surface area contributed by atoms with Gasteiger partial charge in [0, 0.05) is 42.0 Å². The number of aromatic amines is 1. The fourth-order valence-corrected chi connectivity index (χ4v) is 6.43. The third-order valence-corrected chi connectivity index (χ3v) is 8.57. The summed E-state index contributed by atoms with van der Waals surface area (Å²) in [7, 11) is 0. The molecule has 5 rings (SSSR count). The van der Waals surface area contributed by atoms with Crippen molar-refractivity contribution in [2.75, 3.05) is 6.54 Å². The molecule has 224 valence electrons. The number of benzene rings is 3. The molecular weight excluding hydrogens is 538 g/mol. The van der Waals surface area contributed by atoms with Crippen LogP contribution in [0.25, 0.3) is 10.9 Å². The number of aromatic nitrogens is 1. The Labute approximate surface area is 253 Å². The monoisotopic (exact) mass is 579 g/mol. The van der Waals surface area contributed by atoms with Crippen molar-refractivity contribution in [3.63, 3.8) is 0 Å². The maximum absolute atomic E-state index is 14.3. The molecule has 2 amide bonds. The zero-order valence-corrected chi connectivity index (χ0v) is 25.0. The van der Waals surface area contributed by atoms with Crippen molar-refractivity contribution >= 4 is 28.7 Å². The minimum atomic E-state index is -1.15. The Hall–Kier alpha value is -4.39. The molecule has 7 heteroatoms. The molecule has 3 aromatic carbocycles. The highest BCUT2D eigenvalue weighted by molar-refractivity contribution is 5.98. The van der Waals surface area contributed by atoms with Crippen molar-refractivity contribution in [3.05, 3.63) is 107 Å². The number of H-pyrrole nitrogens is 1. The summed E-state index contributed by atoms with van der Waals surface area (Å²) in [5, 5.41) is 14.0. The van der Waals surface area contributed by atoms with Crippen LogP contribution in [0.4, 0.5) is 0 Å². The topological polar surface area (TPSA) is 103 Å². The van der Waals surface area contributed by atoms with Crippen LogP contribution in [0.2, 0.25) is 0 Å². The Morgan fingerprint density at radius 2 is 1.58 bits per heavy atom. The number of hydrogen-bond donors (Lipinski definition) is 3. The highest BCUT2D eigenvalue weighted by Crippen LogP contribution is 2.27. The van der Waals surface area contributed by atoms with Gasteiger partial charge in [0.2, 0.25) is 5.91 Å². The van der Waals surface area contributed by atoms with E-state index in [-0.39, 0.29) is 24.7 Å². The van der Waals surface area contributed by atoms with Gasteiger partial charge >= 0.3 is 5.97 Å². The SMILES string of the molecule is Cc1cc(C)cc(C(=O)N(CC2CCCCC2)[C@H](Cc2ccccc2)C(=O)N[C@@H](Cc2c[nH]c3ccccc23)C(=O)O)c1. The van der Waals surface area contributed by atoms with Gasteiger partial charge in [-0.15, -0.1) is 0 Å². The van der Waals surface area contributed by atoms with E-state index in [1.165, 1.54) is 6.42 Å². The van der Waals surface area contributed by atoms with Gasteiger partial charge in [0.1, 0.15) is 12.1 Å². The van der Waals surface area contributed by atoms with Gasteiger partial charge in [0.25, 0.3) is 5.91 Å². The Morgan fingerprint density at radius 3 is 2.28 bits per heavy atom. The quantitative estimate of drug-likeness (QED) is 0.196. The second-order valence-electron chi connectivity index (χ2n) is 12.0. The predicted molar refractivity (Wildman–Crippen MR) is 169 cm³/mol. The van der Waals surface area contributed by atoms with Crippen LogP contribution in [0.1, 0.15) is 64.7 Å². The van der Waals surface area contributed by atoms with E-state index >= 15 is 0 Å². The van der Waals surface area contributed by atoms with Crippen LogP contribution < -0.4 is 5.32 Å². The van der Waals surface area contributed by atoms with E-state index in [0.717, 1.165) is 58.8 Å². The van der Waals surface area contributed by atoms with Crippen LogP contribution in [-0.4, -0.2) is 51.4 Å². The van der Waals surface area contributed by atoms with E-state index in [0.29, 0.717) is 12.1 Å². The lowest BCUT2D eigenvalue weighted by Crippen LogP contribution is -2.55. The van der Waals surface area contributed by atoms with Gasteiger partial charge < -0.3 is 20.3 Å². The second kappa shape index (κ2) is 13.7. The third kappa shape index (κ3) is 7.53. The molecule has 0 spiro atoms. The first kappa shape index (κ1) is 30.1. The van der Waals surface area contributed by atoms with Gasteiger partial charge in [-0.2, -0.15) is 0 Å². The smallest absolute Gasteiger partial charge is 0.326 e. The summed E-state index contributed by atoms with van der Waals surface area (Å²) < 4.78 is 0. The van der Waals surface area contributed by atoms with Gasteiger partial charge in [-0.1, -0.05) is 85.0 Å². The van der Waals surface area contributed by atoms with Crippen molar-refractivity contribution in [1.29, 1.82) is 0 Å². The molecule has 4 aromatic rings. The Morgan fingerprint density at radius 1 is 0.907 bits per heavy atom. The van der Waals surface area contributed by atoms with Crippen LogP contribution in [-0.2, 0) is 22.4 Å². The number of amides is 2. The van der Waals surface area contributed by atoms with Gasteiger partial charge in [0.15, 0.2) is 0 Å². The number of nitrogens with zero attached hydrogens (tertiary/aromatic N) is 1. The fraction of sp³-hybridized carbons (Fsp3) is 0.361. The summed E-state index contributed by atoms with van der Waals surface area (Å²) in [5.74, 6) is -1.48. The minimum Gasteiger partial charge on any atom is -0.480 e. The molecule has 43 heavy (non-hydrogen) atoms. The number of carbonyl (C=O) groups is 3. The van der Waals surface area contributed by atoms with Crippen molar-refractivity contribution < 1.29 is 19.5 Å². The number of para-hydroxylation sites is 1. The number of rotatable bonds is 11. The summed E-state index contributed by atoms with van der Waals surface area (Å²) in [4.78, 5) is 45.9. The number of carbonyl (C=O) groups excluding carboxylic acids is 2. The number of hydrogen-bond acceptors (Lipinski definition) is 3. The van der Waals surface area contributed by atoms with Crippen LogP contribution in [0.3, 0.4) is 0 Å². The molecule has 0 aliphatic heterocycles. The largest absolute Gasteiger partial charge is 0.480 e. The molecule has 1 aromatic heterocycles. The number of aryl methyl sites for hydroxylation is 2. The lowest BCUT2D eigenvalue weighted by molar-refractivity contribution is -0.142. The first-order valence-corrected chi connectivity index (χ1v) is 15.3. The van der Waals surface area contributed by atoms with E-state index in [1.807, 2.05) is 86.6 Å². The molecule has 0 radical (unpaired) electrons. The minimum absolute atomic E-state index is 0.122. The van der Waals surface area contributed by atoms with E-state index in [1.54, 1.807) is 11.1 Å². The standard InChI is InChI=1S/C36H41N3O4/c1-24-17-25(2)19-28(18-24)35(41)39(23-27-13-7-4-8-14-27)33(20-26-11-5-3-6-12-26)34(40)38-32(36(42)43)21-29-22-37-31-16-10-9-15-30(29)31/h3,5-6,9-12,15-19,22,27,32-33,37H,4,7-8,13-14,20-21,23H2,1-2H3,(H,38,40)(H,42,43)/t32-,33+/m0/s1. The molecule has 0 bridgehead atoms. The van der Waals surface area contributed by atoms with E-state index < -0.39 is 24.0 Å². The molecule has 1 fully saturated rings. The number of nitrogens with one attached hydrogen (secondary N) is 2. The normalized spacial score (nSPS) is 15.1. The number of fused-ring (bicyclic) bond motifs is 1. The van der Waals surface area contributed by atoms with Gasteiger partial charge in [-0.3, -0.25) is 9.59 Å². The van der Waals surface area contributed by atoms with Crippen molar-refractivity contribution in [2.45, 2.75) is 70.9 Å². The molecule has 1 saturated carbocycles. The van der Waals surface area contributed by atoms with Crippen molar-refractivity contribution in [1.82, 2.24) is 15.2 Å². The first-order valence-electron chi connectivity index (χ1n) is 15.3. The average molecular weight is 580 g/mol. The van der Waals surface area contributed by atoms with Crippen LogP contribution >= 0.6 is 0 Å². The Kier molecular flexibility index (Phi) is 9.60. The van der Waals surface area contributed by atoms with Crippen molar-refractivity contribution in [3.8, 4) is 0 Å². The van der Waals surface area contributed by atoms with Gasteiger partial charge in [-0.05, 0) is 61.9 Å². The Balaban J connectivity index is 1.49. The summed E-state index contributed by atoms with van der Waals surface area (Å²) in [5.41, 5.74) is 5.14. The van der Waals surface area contributed by atoms with Gasteiger partial charge in [0.05, 0.1) is 0 Å². The highest BCUT2D eigenvalue weighted by atomic mass is 16.4. The van der Waals surface area contributed by atoms with E-state index in [9.17, 15) is 19.5 Å². The second-order valence-corrected chi connectivity index (χ2v) is 12.0. The average Bonchev–Trinajstić information content (AvgIpc) is 3.41. The Bertz CT molecular complexity index is 1550. The zero-order chi connectivity index (χ0) is 30.3. The summed E-state index contributed by atoms with van der Waals surface area (Å²) in [6.07, 6.45) is 7.63. The lowest BCUT2D eigenvalue weighted by atomic mass is 9.88. The number of aliphatic carboxylic acids is 1. The number of carboxylic acid groups (broad SMARTS) is 1. The van der Waals surface area contributed by atoms with Crippen molar-refractivity contribution in [2.24, 2.45) is 5.92 Å².